The first-order chi connectivity index (χ1) is 12.3. The summed E-state index contributed by atoms with van der Waals surface area (Å²) in [6.45, 7) is 4.34. The Labute approximate surface area is 155 Å². The Morgan fingerprint density at radius 1 is 1.00 bits per heavy atom. The van der Waals surface area contributed by atoms with E-state index in [4.69, 9.17) is 0 Å². The number of anilines is 2. The third-order valence-corrected chi connectivity index (χ3v) is 6.13. The van der Waals surface area contributed by atoms with E-state index in [0.29, 0.717) is 24.3 Å². The van der Waals surface area contributed by atoms with Crippen molar-refractivity contribution >= 4 is 27.3 Å². The molecule has 0 unspecified atom stereocenters. The molecule has 0 saturated carbocycles. The van der Waals surface area contributed by atoms with E-state index in [1.54, 1.807) is 26.0 Å². The Morgan fingerprint density at radius 2 is 1.62 bits per heavy atom. The standard InChI is InChI=1S/C19H25N3O3S/c1-5-22(6-2)26(24,25)18-9-7-8-15(14-18)19(23)20-16-10-12-17(13-11-16)21(3)4/h7-14H,5-6H2,1-4H3,(H,20,23). The summed E-state index contributed by atoms with van der Waals surface area (Å²) in [6, 6.07) is 13.5. The van der Waals surface area contributed by atoms with Crippen LogP contribution in [0.4, 0.5) is 11.4 Å². The number of nitrogens with zero attached hydrogens (tertiary/aromatic N) is 2. The number of amides is 1. The highest BCUT2D eigenvalue weighted by Gasteiger charge is 2.22. The molecule has 0 bridgehead atoms. The van der Waals surface area contributed by atoms with Crippen molar-refractivity contribution in [3.63, 3.8) is 0 Å². The van der Waals surface area contributed by atoms with Crippen molar-refractivity contribution in [3.05, 3.63) is 54.1 Å². The van der Waals surface area contributed by atoms with Gasteiger partial charge in [-0.15, -0.1) is 0 Å². The molecule has 0 aliphatic carbocycles. The summed E-state index contributed by atoms with van der Waals surface area (Å²) in [7, 11) is 0.282. The maximum Gasteiger partial charge on any atom is 0.255 e. The van der Waals surface area contributed by atoms with Crippen molar-refractivity contribution in [1.82, 2.24) is 4.31 Å². The van der Waals surface area contributed by atoms with Crippen LogP contribution in [0.2, 0.25) is 0 Å². The van der Waals surface area contributed by atoms with Crippen molar-refractivity contribution < 1.29 is 13.2 Å². The molecular formula is C19H25N3O3S. The molecule has 0 radical (unpaired) electrons. The lowest BCUT2D eigenvalue weighted by atomic mass is 10.2. The van der Waals surface area contributed by atoms with E-state index < -0.39 is 10.0 Å². The number of nitrogens with one attached hydrogen (secondary N) is 1. The first-order valence-corrected chi connectivity index (χ1v) is 9.92. The third-order valence-electron chi connectivity index (χ3n) is 4.08. The van der Waals surface area contributed by atoms with Gasteiger partial charge in [0.05, 0.1) is 4.90 Å². The molecule has 2 aromatic carbocycles. The molecule has 2 rings (SSSR count). The molecular weight excluding hydrogens is 350 g/mol. The first kappa shape index (κ1) is 19.9. The topological polar surface area (TPSA) is 69.7 Å². The van der Waals surface area contributed by atoms with Crippen LogP contribution in [0.15, 0.2) is 53.4 Å². The number of hydrogen-bond acceptors (Lipinski definition) is 4. The van der Waals surface area contributed by atoms with Crippen LogP contribution in [-0.4, -0.2) is 45.8 Å². The molecule has 26 heavy (non-hydrogen) atoms. The van der Waals surface area contributed by atoms with Crippen LogP contribution in [0.5, 0.6) is 0 Å². The first-order valence-electron chi connectivity index (χ1n) is 8.48. The van der Waals surface area contributed by atoms with Gasteiger partial charge in [-0.05, 0) is 42.5 Å². The van der Waals surface area contributed by atoms with Crippen molar-refractivity contribution in [3.8, 4) is 0 Å². The molecule has 1 N–H and O–H groups in total. The minimum atomic E-state index is -3.60. The summed E-state index contributed by atoms with van der Waals surface area (Å²) in [5, 5.41) is 2.79. The van der Waals surface area contributed by atoms with Crippen molar-refractivity contribution in [2.75, 3.05) is 37.4 Å². The van der Waals surface area contributed by atoms with Crippen LogP contribution in [0, 0.1) is 0 Å². The van der Waals surface area contributed by atoms with E-state index in [9.17, 15) is 13.2 Å². The number of sulfonamides is 1. The van der Waals surface area contributed by atoms with Crippen LogP contribution in [-0.2, 0) is 10.0 Å². The van der Waals surface area contributed by atoms with Crippen LogP contribution >= 0.6 is 0 Å². The number of benzene rings is 2. The molecule has 0 aromatic heterocycles. The Kier molecular flexibility index (Phi) is 6.39. The lowest BCUT2D eigenvalue weighted by Crippen LogP contribution is -2.30. The van der Waals surface area contributed by atoms with Gasteiger partial charge in [-0.2, -0.15) is 4.31 Å². The highest BCUT2D eigenvalue weighted by molar-refractivity contribution is 7.89. The molecule has 0 saturated heterocycles. The Balaban J connectivity index is 2.22. The largest absolute Gasteiger partial charge is 0.378 e. The summed E-state index contributed by atoms with van der Waals surface area (Å²) in [5.74, 6) is -0.348. The summed E-state index contributed by atoms with van der Waals surface area (Å²) >= 11 is 0. The zero-order chi connectivity index (χ0) is 19.3. The quantitative estimate of drug-likeness (QED) is 0.808. The molecule has 1 amide bonds. The second-order valence-corrected chi connectivity index (χ2v) is 7.95. The summed E-state index contributed by atoms with van der Waals surface area (Å²) in [6.07, 6.45) is 0. The molecule has 0 fully saturated rings. The average Bonchev–Trinajstić information content (AvgIpc) is 2.63. The van der Waals surface area contributed by atoms with Gasteiger partial charge in [-0.3, -0.25) is 4.79 Å². The van der Waals surface area contributed by atoms with Gasteiger partial charge < -0.3 is 10.2 Å². The molecule has 2 aromatic rings. The molecule has 0 spiro atoms. The van der Waals surface area contributed by atoms with E-state index in [-0.39, 0.29) is 10.8 Å². The summed E-state index contributed by atoms with van der Waals surface area (Å²) in [4.78, 5) is 14.6. The number of rotatable bonds is 7. The lowest BCUT2D eigenvalue weighted by Gasteiger charge is -2.18. The minimum Gasteiger partial charge on any atom is -0.378 e. The smallest absolute Gasteiger partial charge is 0.255 e. The number of hydrogen-bond donors (Lipinski definition) is 1. The normalized spacial score (nSPS) is 11.4. The van der Waals surface area contributed by atoms with Gasteiger partial charge in [0.2, 0.25) is 10.0 Å². The summed E-state index contributed by atoms with van der Waals surface area (Å²) < 4.78 is 26.6. The lowest BCUT2D eigenvalue weighted by molar-refractivity contribution is 0.102. The minimum absolute atomic E-state index is 0.122. The fourth-order valence-electron chi connectivity index (χ4n) is 2.56. The van der Waals surface area contributed by atoms with Crippen LogP contribution < -0.4 is 10.2 Å². The van der Waals surface area contributed by atoms with Gasteiger partial charge in [0.15, 0.2) is 0 Å². The SMILES string of the molecule is CCN(CC)S(=O)(=O)c1cccc(C(=O)Nc2ccc(N(C)C)cc2)c1. The maximum atomic E-state index is 12.6. The second kappa shape index (κ2) is 8.33. The molecule has 0 atom stereocenters. The zero-order valence-electron chi connectivity index (χ0n) is 15.6. The van der Waals surface area contributed by atoms with E-state index in [1.165, 1.54) is 16.4 Å². The molecule has 7 heteroatoms. The number of carbonyl (C=O) groups is 1. The Bertz CT molecular complexity index is 858. The fourth-order valence-corrected chi connectivity index (χ4v) is 4.06. The predicted octanol–water partition coefficient (Wildman–Crippen LogP) is 3.04. The Morgan fingerprint density at radius 3 is 2.15 bits per heavy atom. The van der Waals surface area contributed by atoms with Crippen molar-refractivity contribution in [2.45, 2.75) is 18.7 Å². The highest BCUT2D eigenvalue weighted by Crippen LogP contribution is 2.19. The van der Waals surface area contributed by atoms with Crippen molar-refractivity contribution in [1.29, 1.82) is 0 Å². The highest BCUT2D eigenvalue weighted by atomic mass is 32.2. The molecule has 0 heterocycles. The van der Waals surface area contributed by atoms with E-state index in [1.807, 2.05) is 43.3 Å². The monoisotopic (exact) mass is 375 g/mol. The van der Waals surface area contributed by atoms with Gasteiger partial charge in [-0.25, -0.2) is 8.42 Å². The van der Waals surface area contributed by atoms with Crippen LogP contribution in [0.3, 0.4) is 0 Å². The average molecular weight is 375 g/mol. The van der Waals surface area contributed by atoms with Gasteiger partial charge in [0, 0.05) is 44.1 Å². The second-order valence-electron chi connectivity index (χ2n) is 6.01. The fraction of sp³-hybridized carbons (Fsp3) is 0.316. The maximum absolute atomic E-state index is 12.6. The van der Waals surface area contributed by atoms with Gasteiger partial charge >= 0.3 is 0 Å². The van der Waals surface area contributed by atoms with Gasteiger partial charge in [0.1, 0.15) is 0 Å². The molecule has 6 nitrogen and oxygen atoms in total. The van der Waals surface area contributed by atoms with Gasteiger partial charge in [0.25, 0.3) is 5.91 Å². The number of carbonyl (C=O) groups excluding carboxylic acids is 1. The van der Waals surface area contributed by atoms with Gasteiger partial charge in [-0.1, -0.05) is 19.9 Å². The predicted molar refractivity (Wildman–Crippen MR) is 105 cm³/mol. The molecule has 0 aliphatic heterocycles. The van der Waals surface area contributed by atoms with Crippen molar-refractivity contribution in [2.24, 2.45) is 0 Å². The van der Waals surface area contributed by atoms with E-state index in [0.717, 1.165) is 5.69 Å². The zero-order valence-corrected chi connectivity index (χ0v) is 16.4. The molecule has 140 valence electrons. The van der Waals surface area contributed by atoms with Crippen LogP contribution in [0.25, 0.3) is 0 Å². The van der Waals surface area contributed by atoms with Crippen LogP contribution in [0.1, 0.15) is 24.2 Å². The summed E-state index contributed by atoms with van der Waals surface area (Å²) in [5.41, 5.74) is 1.97. The third kappa shape index (κ3) is 4.42. The van der Waals surface area contributed by atoms with E-state index >= 15 is 0 Å². The Hall–Kier alpha value is -2.38. The molecule has 0 aliphatic rings. The van der Waals surface area contributed by atoms with E-state index in [2.05, 4.69) is 5.32 Å².